The highest BCUT2D eigenvalue weighted by Crippen LogP contribution is 2.37. The zero-order valence-electron chi connectivity index (χ0n) is 14.0. The Hall–Kier alpha value is -1.37. The molecule has 0 bridgehead atoms. The van der Waals surface area contributed by atoms with Crippen LogP contribution in [-0.4, -0.2) is 47.0 Å². The number of nitrogens with zero attached hydrogens (tertiary/aromatic N) is 1. The Morgan fingerprint density at radius 3 is 2.58 bits per heavy atom. The van der Waals surface area contributed by atoms with E-state index in [1.165, 1.54) is 17.0 Å². The summed E-state index contributed by atoms with van der Waals surface area (Å²) in [6.45, 7) is 5.91. The van der Waals surface area contributed by atoms with Crippen LogP contribution in [0.4, 0.5) is 9.18 Å². The number of aliphatic hydroxyl groups excluding tert-OH is 1. The van der Waals surface area contributed by atoms with Crippen LogP contribution in [0.15, 0.2) is 18.2 Å². The molecule has 3 unspecified atom stereocenters. The maximum absolute atomic E-state index is 13.8. The summed E-state index contributed by atoms with van der Waals surface area (Å²) in [5.74, 6) is -1.06. The Balaban J connectivity index is 2.42. The smallest absolute Gasteiger partial charge is 0.407 e. The normalized spacial score (nSPS) is 25.4. The highest BCUT2D eigenvalue weighted by Gasteiger charge is 2.39. The molecule has 3 atom stereocenters. The second kappa shape index (κ2) is 7.25. The van der Waals surface area contributed by atoms with E-state index in [4.69, 9.17) is 16.3 Å². The summed E-state index contributed by atoms with van der Waals surface area (Å²) in [6, 6.07) is 4.37. The van der Waals surface area contributed by atoms with Gasteiger partial charge in [-0.05, 0) is 23.1 Å². The van der Waals surface area contributed by atoms with Crippen LogP contribution < -0.4 is 0 Å². The first-order valence-corrected chi connectivity index (χ1v) is 8.20. The minimum Gasteiger partial charge on any atom is -0.465 e. The predicted molar refractivity (Wildman–Crippen MR) is 88.7 cm³/mol. The van der Waals surface area contributed by atoms with Crippen molar-refractivity contribution < 1.29 is 24.1 Å². The van der Waals surface area contributed by atoms with Crippen molar-refractivity contribution in [2.45, 2.75) is 33.0 Å². The Morgan fingerprint density at radius 2 is 2.08 bits per heavy atom. The molecule has 1 aliphatic rings. The first kappa shape index (κ1) is 19.0. The third-order valence-electron chi connectivity index (χ3n) is 4.32. The number of amides is 1. The van der Waals surface area contributed by atoms with Gasteiger partial charge in [-0.15, -0.1) is 0 Å². The first-order chi connectivity index (χ1) is 11.1. The average molecular weight is 360 g/mol. The van der Waals surface area contributed by atoms with Crippen LogP contribution in [0.5, 0.6) is 0 Å². The number of benzene rings is 1. The molecule has 0 aliphatic carbocycles. The monoisotopic (exact) mass is 359 g/mol. The summed E-state index contributed by atoms with van der Waals surface area (Å²) in [7, 11) is 0. The molecule has 0 radical (unpaired) electrons. The van der Waals surface area contributed by atoms with Crippen LogP contribution in [-0.2, 0) is 4.74 Å². The van der Waals surface area contributed by atoms with Gasteiger partial charge >= 0.3 is 6.09 Å². The van der Waals surface area contributed by atoms with E-state index in [0.717, 1.165) is 0 Å². The van der Waals surface area contributed by atoms with E-state index in [1.54, 1.807) is 6.07 Å². The lowest BCUT2D eigenvalue weighted by atomic mass is 9.88. The third-order valence-corrected chi connectivity index (χ3v) is 4.63. The van der Waals surface area contributed by atoms with Crippen LogP contribution in [0.2, 0.25) is 5.02 Å². The second-order valence-electron chi connectivity index (χ2n) is 7.22. The molecule has 1 aliphatic heterocycles. The lowest BCUT2D eigenvalue weighted by molar-refractivity contribution is -0.0828. The fraction of sp³-hybridized carbons (Fsp3) is 0.588. The molecule has 2 N–H and O–H groups in total. The van der Waals surface area contributed by atoms with Crippen LogP contribution in [0.3, 0.4) is 0 Å². The molecule has 24 heavy (non-hydrogen) atoms. The van der Waals surface area contributed by atoms with E-state index >= 15 is 0 Å². The quantitative estimate of drug-likeness (QED) is 0.847. The van der Waals surface area contributed by atoms with Crippen molar-refractivity contribution in [2.75, 3.05) is 19.7 Å². The molecular weight excluding hydrogens is 337 g/mol. The zero-order valence-corrected chi connectivity index (χ0v) is 14.8. The number of aliphatic hydroxyl groups is 1. The van der Waals surface area contributed by atoms with Crippen LogP contribution in [0.1, 0.15) is 32.4 Å². The largest absolute Gasteiger partial charge is 0.465 e. The maximum atomic E-state index is 13.8. The van der Waals surface area contributed by atoms with Gasteiger partial charge in [0.05, 0.1) is 30.4 Å². The van der Waals surface area contributed by atoms with Crippen molar-refractivity contribution in [1.29, 1.82) is 0 Å². The summed E-state index contributed by atoms with van der Waals surface area (Å²) < 4.78 is 20.0. The van der Waals surface area contributed by atoms with Gasteiger partial charge in [0.1, 0.15) is 5.82 Å². The van der Waals surface area contributed by atoms with Gasteiger partial charge in [0.25, 0.3) is 0 Å². The molecule has 0 spiro atoms. The highest BCUT2D eigenvalue weighted by molar-refractivity contribution is 6.30. The second-order valence-corrected chi connectivity index (χ2v) is 7.62. The van der Waals surface area contributed by atoms with Crippen LogP contribution >= 0.6 is 11.6 Å². The summed E-state index contributed by atoms with van der Waals surface area (Å²) in [4.78, 5) is 12.7. The van der Waals surface area contributed by atoms with Gasteiger partial charge < -0.3 is 19.8 Å². The first-order valence-electron chi connectivity index (χ1n) is 7.82. The summed E-state index contributed by atoms with van der Waals surface area (Å²) in [5, 5.41) is 19.2. The molecule has 1 aromatic rings. The maximum Gasteiger partial charge on any atom is 0.407 e. The minimum atomic E-state index is -1.06. The number of hydrogen-bond donors (Lipinski definition) is 2. The van der Waals surface area contributed by atoms with E-state index in [1.807, 2.05) is 20.8 Å². The van der Waals surface area contributed by atoms with Gasteiger partial charge in [0.15, 0.2) is 0 Å². The van der Waals surface area contributed by atoms with Crippen molar-refractivity contribution >= 4 is 17.7 Å². The number of ether oxygens (including phenoxy) is 1. The van der Waals surface area contributed by atoms with Crippen molar-refractivity contribution in [3.05, 3.63) is 34.6 Å². The molecule has 134 valence electrons. The molecule has 1 amide bonds. The van der Waals surface area contributed by atoms with E-state index < -0.39 is 30.0 Å². The van der Waals surface area contributed by atoms with Gasteiger partial charge in [0.2, 0.25) is 0 Å². The van der Waals surface area contributed by atoms with Gasteiger partial charge in [-0.25, -0.2) is 9.18 Å². The minimum absolute atomic E-state index is 0.00690. The Morgan fingerprint density at radius 1 is 1.42 bits per heavy atom. The molecule has 1 fully saturated rings. The van der Waals surface area contributed by atoms with E-state index in [9.17, 15) is 19.4 Å². The number of rotatable bonds is 2. The molecule has 5 nitrogen and oxygen atoms in total. The lowest BCUT2D eigenvalue weighted by Crippen LogP contribution is -2.42. The van der Waals surface area contributed by atoms with Crippen molar-refractivity contribution in [3.63, 3.8) is 0 Å². The molecule has 1 saturated heterocycles. The summed E-state index contributed by atoms with van der Waals surface area (Å²) in [6.07, 6.45) is -2.07. The standard InChI is InChI=1S/C17H23ClFNO4/c1-17(2,3)14-8-20(16(22)23)7-11(9-21)15(24-14)10-4-5-12(18)13(19)6-10/h4-6,11,14-15,21H,7-9H2,1-3H3,(H,22,23). The predicted octanol–water partition coefficient (Wildman–Crippen LogP) is 3.55. The number of hydrogen-bond acceptors (Lipinski definition) is 3. The summed E-state index contributed by atoms with van der Waals surface area (Å²) >= 11 is 5.74. The topological polar surface area (TPSA) is 70.0 Å². The van der Waals surface area contributed by atoms with Gasteiger partial charge in [0, 0.05) is 12.5 Å². The van der Waals surface area contributed by atoms with Crippen molar-refractivity contribution in [1.82, 2.24) is 4.90 Å². The fourth-order valence-electron chi connectivity index (χ4n) is 2.81. The fourth-order valence-corrected chi connectivity index (χ4v) is 2.93. The molecule has 1 heterocycles. The van der Waals surface area contributed by atoms with E-state index in [0.29, 0.717) is 5.56 Å². The molecule has 0 aromatic heterocycles. The molecular formula is C17H23ClFNO4. The van der Waals surface area contributed by atoms with E-state index in [-0.39, 0.29) is 30.1 Å². The van der Waals surface area contributed by atoms with Crippen LogP contribution in [0, 0.1) is 17.2 Å². The van der Waals surface area contributed by atoms with Gasteiger partial charge in [-0.2, -0.15) is 0 Å². The van der Waals surface area contributed by atoms with Crippen molar-refractivity contribution in [3.8, 4) is 0 Å². The summed E-state index contributed by atoms with van der Waals surface area (Å²) in [5.41, 5.74) is 0.221. The zero-order chi connectivity index (χ0) is 18.1. The average Bonchev–Trinajstić information content (AvgIpc) is 2.69. The molecule has 2 rings (SSSR count). The van der Waals surface area contributed by atoms with E-state index in [2.05, 4.69) is 0 Å². The SMILES string of the molecule is CC(C)(C)C1CN(C(=O)O)CC(CO)C(c2ccc(Cl)c(F)c2)O1. The number of carbonyl (C=O) groups is 1. The highest BCUT2D eigenvalue weighted by atomic mass is 35.5. The third kappa shape index (κ3) is 4.18. The van der Waals surface area contributed by atoms with Crippen molar-refractivity contribution in [2.24, 2.45) is 11.3 Å². The number of carboxylic acid groups (broad SMARTS) is 1. The van der Waals surface area contributed by atoms with Gasteiger partial charge in [-0.1, -0.05) is 38.4 Å². The Kier molecular flexibility index (Phi) is 5.73. The molecule has 0 saturated carbocycles. The van der Waals surface area contributed by atoms with Gasteiger partial charge in [-0.3, -0.25) is 0 Å². The molecule has 7 heteroatoms. The lowest BCUT2D eigenvalue weighted by Gasteiger charge is -2.34. The Bertz CT molecular complexity index is 605. The van der Waals surface area contributed by atoms with Crippen LogP contribution in [0.25, 0.3) is 0 Å². The Labute approximate surface area is 146 Å². The number of halogens is 2. The molecule has 1 aromatic carbocycles.